The van der Waals surface area contributed by atoms with E-state index in [1.807, 2.05) is 37.8 Å². The van der Waals surface area contributed by atoms with Crippen LogP contribution in [0.25, 0.3) is 10.2 Å². The van der Waals surface area contributed by atoms with Crippen LogP contribution in [0.2, 0.25) is 0 Å². The Morgan fingerprint density at radius 3 is 2.49 bits per heavy atom. The van der Waals surface area contributed by atoms with Crippen LogP contribution in [0.3, 0.4) is 0 Å². The van der Waals surface area contributed by atoms with Crippen LogP contribution in [-0.4, -0.2) is 91.4 Å². The number of amides is 4. The normalized spacial score (nSPS) is 22.8. The lowest BCUT2D eigenvalue weighted by Crippen LogP contribution is -2.56. The Hall–Kier alpha value is -2.70. The summed E-state index contributed by atoms with van der Waals surface area (Å²) in [6.45, 7) is 13.6. The van der Waals surface area contributed by atoms with Gasteiger partial charge in [-0.1, -0.05) is 11.3 Å². The second kappa shape index (κ2) is 11.2. The number of carbonyl (C=O) groups excluding carboxylic acids is 4. The maximum Gasteiger partial charge on any atom is 0.412 e. The quantitative estimate of drug-likeness (QED) is 0.489. The fourth-order valence-electron chi connectivity index (χ4n) is 5.99. The summed E-state index contributed by atoms with van der Waals surface area (Å²) in [7, 11) is 0. The number of fused-ring (bicyclic) bond motifs is 1. The summed E-state index contributed by atoms with van der Waals surface area (Å²) < 4.78 is 4.75. The first-order valence-electron chi connectivity index (χ1n) is 14.3. The van der Waals surface area contributed by atoms with Crippen LogP contribution in [0, 0.1) is 6.92 Å². The van der Waals surface area contributed by atoms with E-state index in [9.17, 15) is 19.2 Å². The Kier molecular flexibility index (Phi) is 8.12. The van der Waals surface area contributed by atoms with Crippen LogP contribution >= 0.6 is 23.1 Å². The summed E-state index contributed by atoms with van der Waals surface area (Å²) in [6, 6.07) is 3.85. The van der Waals surface area contributed by atoms with Crippen LogP contribution in [0.1, 0.15) is 76.4 Å². The SMILES string of the molecule is Cc1ccc2c(C(=O)N3CCC(N4CCCC5(C4)SC(=O)N(C(C)C)C5=O)CC3)c(NC(=O)OC(C)(C)C)sc2n1. The summed E-state index contributed by atoms with van der Waals surface area (Å²) in [5.74, 6) is -0.195. The molecule has 0 saturated carbocycles. The van der Waals surface area contributed by atoms with Gasteiger partial charge in [-0.3, -0.25) is 29.5 Å². The minimum Gasteiger partial charge on any atom is -0.444 e. The lowest BCUT2D eigenvalue weighted by Gasteiger charge is -2.44. The van der Waals surface area contributed by atoms with Gasteiger partial charge in [0.1, 0.15) is 20.2 Å². The van der Waals surface area contributed by atoms with Crippen molar-refractivity contribution in [1.82, 2.24) is 19.7 Å². The molecular formula is C29H39N5O5S2. The minimum absolute atomic E-state index is 0.0574. The van der Waals surface area contributed by atoms with Gasteiger partial charge in [0.2, 0.25) is 5.91 Å². The number of nitrogens with one attached hydrogen (secondary N) is 1. The van der Waals surface area contributed by atoms with Gasteiger partial charge in [-0.2, -0.15) is 0 Å². The van der Waals surface area contributed by atoms with E-state index in [0.29, 0.717) is 46.8 Å². The lowest BCUT2D eigenvalue weighted by molar-refractivity contribution is -0.132. The molecule has 3 aliphatic heterocycles. The van der Waals surface area contributed by atoms with Gasteiger partial charge < -0.3 is 9.64 Å². The number of thioether (sulfide) groups is 1. The van der Waals surface area contributed by atoms with Gasteiger partial charge in [0.15, 0.2) is 0 Å². The molecule has 5 rings (SSSR count). The Bertz CT molecular complexity index is 1380. The molecule has 4 amide bonds. The smallest absolute Gasteiger partial charge is 0.412 e. The summed E-state index contributed by atoms with van der Waals surface area (Å²) in [5, 5.41) is 3.81. The van der Waals surface area contributed by atoms with Crippen molar-refractivity contribution < 1.29 is 23.9 Å². The van der Waals surface area contributed by atoms with E-state index < -0.39 is 16.4 Å². The monoisotopic (exact) mass is 601 g/mol. The Morgan fingerprint density at radius 2 is 1.85 bits per heavy atom. The number of thiophene rings is 1. The van der Waals surface area contributed by atoms with Gasteiger partial charge in [0.25, 0.3) is 11.1 Å². The first kappa shape index (κ1) is 29.8. The highest BCUT2D eigenvalue weighted by Gasteiger charge is 2.55. The number of aryl methyl sites for hydroxylation is 1. The highest BCUT2D eigenvalue weighted by Crippen LogP contribution is 2.45. The van der Waals surface area contributed by atoms with Gasteiger partial charge >= 0.3 is 6.09 Å². The van der Waals surface area contributed by atoms with Crippen molar-refractivity contribution in [3.8, 4) is 0 Å². The molecule has 1 spiro atoms. The van der Waals surface area contributed by atoms with Gasteiger partial charge in [-0.25, -0.2) is 9.78 Å². The average molecular weight is 602 g/mol. The van der Waals surface area contributed by atoms with E-state index in [1.165, 1.54) is 28.0 Å². The lowest BCUT2D eigenvalue weighted by atomic mass is 9.91. The second-order valence-electron chi connectivity index (χ2n) is 12.5. The molecule has 0 aliphatic carbocycles. The number of carbonyl (C=O) groups is 4. The molecule has 2 aromatic rings. The fourth-order valence-corrected chi connectivity index (χ4v) is 8.48. The number of hydrogen-bond acceptors (Lipinski definition) is 9. The number of pyridine rings is 1. The van der Waals surface area contributed by atoms with Crippen LogP contribution in [0.15, 0.2) is 12.1 Å². The number of nitrogens with zero attached hydrogens (tertiary/aromatic N) is 4. The third-order valence-corrected chi connectivity index (χ3v) is 10.2. The molecule has 3 saturated heterocycles. The Morgan fingerprint density at radius 1 is 1.15 bits per heavy atom. The van der Waals surface area contributed by atoms with Crippen molar-refractivity contribution in [2.24, 2.45) is 0 Å². The molecule has 1 atom stereocenters. The molecule has 1 unspecified atom stereocenters. The predicted molar refractivity (Wildman–Crippen MR) is 162 cm³/mol. The Labute approximate surface area is 249 Å². The molecule has 10 nitrogen and oxygen atoms in total. The zero-order chi connectivity index (χ0) is 29.7. The standard InChI is InChI=1S/C29H39N5O5S2/c1-17(2)34-25(36)29(41-27(34)38)12-7-13-33(16-29)19-10-14-32(15-11-19)24(35)21-20-9-8-18(3)30-22(20)40-23(21)31-26(37)39-28(4,5)6/h8-9,17,19H,7,10-16H2,1-6H3,(H,31,37). The number of ether oxygens (including phenoxy) is 1. The zero-order valence-corrected chi connectivity index (χ0v) is 26.2. The van der Waals surface area contributed by atoms with E-state index in [4.69, 9.17) is 4.74 Å². The molecule has 222 valence electrons. The van der Waals surface area contributed by atoms with E-state index >= 15 is 0 Å². The highest BCUT2D eigenvalue weighted by atomic mass is 32.2. The second-order valence-corrected chi connectivity index (χ2v) is 14.8. The van der Waals surface area contributed by atoms with Crippen molar-refractivity contribution in [2.45, 2.75) is 89.7 Å². The number of hydrogen-bond donors (Lipinski definition) is 1. The molecule has 12 heteroatoms. The topological polar surface area (TPSA) is 112 Å². The Balaban J connectivity index is 1.30. The zero-order valence-electron chi connectivity index (χ0n) is 24.6. The largest absolute Gasteiger partial charge is 0.444 e. The molecule has 0 aromatic carbocycles. The molecule has 1 N–H and O–H groups in total. The van der Waals surface area contributed by atoms with Crippen LogP contribution in [0.4, 0.5) is 14.6 Å². The molecule has 0 bridgehead atoms. The van der Waals surface area contributed by atoms with E-state index in [1.54, 1.807) is 20.8 Å². The minimum atomic E-state index is -0.699. The van der Waals surface area contributed by atoms with Gasteiger partial charge in [-0.05, 0) is 97.7 Å². The van der Waals surface area contributed by atoms with Crippen molar-refractivity contribution in [2.75, 3.05) is 31.5 Å². The number of piperidine rings is 2. The fraction of sp³-hybridized carbons (Fsp3) is 0.621. The molecule has 41 heavy (non-hydrogen) atoms. The number of aromatic nitrogens is 1. The molecule has 0 radical (unpaired) electrons. The highest BCUT2D eigenvalue weighted by molar-refractivity contribution is 8.16. The summed E-state index contributed by atoms with van der Waals surface area (Å²) in [6.07, 6.45) is 2.52. The molecule has 5 heterocycles. The maximum absolute atomic E-state index is 13.9. The molecule has 3 fully saturated rings. The van der Waals surface area contributed by atoms with Crippen LogP contribution in [-0.2, 0) is 9.53 Å². The van der Waals surface area contributed by atoms with Crippen molar-refractivity contribution in [3.05, 3.63) is 23.4 Å². The number of rotatable bonds is 4. The predicted octanol–water partition coefficient (Wildman–Crippen LogP) is 5.49. The van der Waals surface area contributed by atoms with E-state index in [-0.39, 0.29) is 29.1 Å². The van der Waals surface area contributed by atoms with Crippen molar-refractivity contribution in [3.63, 3.8) is 0 Å². The number of imide groups is 1. The maximum atomic E-state index is 13.9. The average Bonchev–Trinajstić information content (AvgIpc) is 3.34. The first-order valence-corrected chi connectivity index (χ1v) is 15.9. The number of anilines is 1. The molecule has 2 aromatic heterocycles. The first-order chi connectivity index (χ1) is 19.3. The van der Waals surface area contributed by atoms with E-state index in [2.05, 4.69) is 15.2 Å². The van der Waals surface area contributed by atoms with Crippen molar-refractivity contribution >= 4 is 61.5 Å². The van der Waals surface area contributed by atoms with Gasteiger partial charge in [-0.15, -0.1) is 0 Å². The summed E-state index contributed by atoms with van der Waals surface area (Å²) in [5.41, 5.74) is 0.606. The molecular weight excluding hydrogens is 562 g/mol. The summed E-state index contributed by atoms with van der Waals surface area (Å²) >= 11 is 2.47. The molecule has 3 aliphatic rings. The van der Waals surface area contributed by atoms with Gasteiger partial charge in [0, 0.05) is 42.8 Å². The summed E-state index contributed by atoms with van der Waals surface area (Å²) in [4.78, 5) is 63.4. The van der Waals surface area contributed by atoms with Crippen LogP contribution in [0.5, 0.6) is 0 Å². The van der Waals surface area contributed by atoms with Crippen molar-refractivity contribution in [1.29, 1.82) is 0 Å². The number of likely N-dealkylation sites (tertiary alicyclic amines) is 2. The van der Waals surface area contributed by atoms with Gasteiger partial charge in [0.05, 0.1) is 5.56 Å². The third-order valence-electron chi connectivity index (χ3n) is 7.88. The van der Waals surface area contributed by atoms with E-state index in [0.717, 1.165) is 31.5 Å². The van der Waals surface area contributed by atoms with Crippen LogP contribution < -0.4 is 5.32 Å². The third kappa shape index (κ3) is 5.96.